The van der Waals surface area contributed by atoms with Crippen molar-refractivity contribution in [1.82, 2.24) is 10.3 Å². The van der Waals surface area contributed by atoms with E-state index in [2.05, 4.69) is 22.5 Å². The Morgan fingerprint density at radius 1 is 1.38 bits per heavy atom. The molecule has 2 amide bonds. The van der Waals surface area contributed by atoms with Crippen LogP contribution in [0, 0.1) is 5.92 Å². The molecule has 1 aromatic heterocycles. The summed E-state index contributed by atoms with van der Waals surface area (Å²) in [5, 5.41) is 14.4. The largest absolute Gasteiger partial charge is 0.481 e. The number of hydrogen-bond donors (Lipinski definition) is 3. The summed E-state index contributed by atoms with van der Waals surface area (Å²) >= 11 is 0. The van der Waals surface area contributed by atoms with Gasteiger partial charge in [0.1, 0.15) is 0 Å². The Bertz CT molecular complexity index is 501. The molecule has 1 fully saturated rings. The van der Waals surface area contributed by atoms with Crippen molar-refractivity contribution in [3.8, 4) is 0 Å². The minimum Gasteiger partial charge on any atom is -0.481 e. The molecule has 0 bridgehead atoms. The van der Waals surface area contributed by atoms with Crippen molar-refractivity contribution in [3.05, 3.63) is 24.0 Å². The fraction of sp³-hybridized carbons (Fsp3) is 0.533. The van der Waals surface area contributed by atoms with Crippen molar-refractivity contribution in [2.45, 2.75) is 45.1 Å². The van der Waals surface area contributed by atoms with E-state index < -0.39 is 5.97 Å². The number of anilines is 1. The summed E-state index contributed by atoms with van der Waals surface area (Å²) in [6, 6.07) is 3.26. The number of carboxylic acid groups (broad SMARTS) is 1. The van der Waals surface area contributed by atoms with Crippen LogP contribution in [-0.4, -0.2) is 28.1 Å². The van der Waals surface area contributed by atoms with E-state index in [0.29, 0.717) is 17.3 Å². The van der Waals surface area contributed by atoms with Crippen LogP contribution in [0.4, 0.5) is 10.5 Å². The van der Waals surface area contributed by atoms with Crippen molar-refractivity contribution in [2.75, 3.05) is 5.32 Å². The van der Waals surface area contributed by atoms with Crippen molar-refractivity contribution >= 4 is 17.7 Å². The van der Waals surface area contributed by atoms with Crippen LogP contribution in [-0.2, 0) is 11.2 Å². The van der Waals surface area contributed by atoms with Gasteiger partial charge in [0.25, 0.3) is 0 Å². The van der Waals surface area contributed by atoms with Crippen LogP contribution in [0.5, 0.6) is 0 Å². The lowest BCUT2D eigenvalue weighted by molar-refractivity contribution is -0.136. The number of urea groups is 1. The lowest BCUT2D eigenvalue weighted by Gasteiger charge is -2.27. The molecule has 1 aliphatic carbocycles. The first-order chi connectivity index (χ1) is 10.0. The number of aromatic nitrogens is 1. The highest BCUT2D eigenvalue weighted by Gasteiger charge is 2.20. The zero-order valence-corrected chi connectivity index (χ0v) is 12.1. The van der Waals surface area contributed by atoms with E-state index in [0.717, 1.165) is 19.3 Å². The van der Waals surface area contributed by atoms with E-state index in [4.69, 9.17) is 5.11 Å². The molecule has 6 nitrogen and oxygen atoms in total. The van der Waals surface area contributed by atoms with E-state index in [1.807, 2.05) is 0 Å². The van der Waals surface area contributed by atoms with Gasteiger partial charge in [-0.05, 0) is 30.9 Å². The smallest absolute Gasteiger partial charge is 0.319 e. The molecule has 0 aliphatic heterocycles. The third-order valence-corrected chi connectivity index (χ3v) is 3.69. The lowest BCUT2D eigenvalue weighted by atomic mass is 9.87. The first-order valence-corrected chi connectivity index (χ1v) is 7.27. The van der Waals surface area contributed by atoms with Gasteiger partial charge in [0.05, 0.1) is 24.0 Å². The van der Waals surface area contributed by atoms with Gasteiger partial charge in [0, 0.05) is 6.04 Å². The molecule has 1 aromatic rings. The van der Waals surface area contributed by atoms with Gasteiger partial charge in [-0.2, -0.15) is 0 Å². The van der Waals surface area contributed by atoms with E-state index in [1.165, 1.54) is 12.6 Å². The third-order valence-electron chi connectivity index (χ3n) is 3.69. The number of carbonyl (C=O) groups is 2. The molecule has 0 saturated heterocycles. The summed E-state index contributed by atoms with van der Waals surface area (Å²) < 4.78 is 0. The second kappa shape index (κ2) is 7.06. The molecule has 1 saturated carbocycles. The molecular formula is C15H21N3O3. The predicted molar refractivity (Wildman–Crippen MR) is 79.2 cm³/mol. The Balaban J connectivity index is 1.83. The molecule has 0 spiro atoms. The average molecular weight is 291 g/mol. The number of nitrogens with one attached hydrogen (secondary N) is 2. The van der Waals surface area contributed by atoms with Gasteiger partial charge in [-0.15, -0.1) is 0 Å². The van der Waals surface area contributed by atoms with Gasteiger partial charge in [0.15, 0.2) is 0 Å². The molecular weight excluding hydrogens is 270 g/mol. The molecule has 1 heterocycles. The Morgan fingerprint density at radius 3 is 2.81 bits per heavy atom. The van der Waals surface area contributed by atoms with Crippen LogP contribution in [0.15, 0.2) is 18.3 Å². The third kappa shape index (κ3) is 5.06. The Labute approximate surface area is 124 Å². The Morgan fingerprint density at radius 2 is 2.19 bits per heavy atom. The van der Waals surface area contributed by atoms with Crippen molar-refractivity contribution in [2.24, 2.45) is 5.92 Å². The second-order valence-corrected chi connectivity index (χ2v) is 5.68. The van der Waals surface area contributed by atoms with Crippen LogP contribution in [0.3, 0.4) is 0 Å². The van der Waals surface area contributed by atoms with Gasteiger partial charge in [0.2, 0.25) is 0 Å². The SMILES string of the molecule is CC1CCCC(NC(=O)Nc2ccc(CC(=O)O)nc2)C1. The minimum absolute atomic E-state index is 0.119. The van der Waals surface area contributed by atoms with E-state index in [1.54, 1.807) is 12.1 Å². The summed E-state index contributed by atoms with van der Waals surface area (Å²) in [6.45, 7) is 2.21. The van der Waals surface area contributed by atoms with Crippen molar-refractivity contribution in [3.63, 3.8) is 0 Å². The lowest BCUT2D eigenvalue weighted by Crippen LogP contribution is -2.40. The Kier molecular flexibility index (Phi) is 5.14. The first-order valence-electron chi connectivity index (χ1n) is 7.27. The molecule has 3 N–H and O–H groups in total. The van der Waals surface area contributed by atoms with E-state index in [9.17, 15) is 9.59 Å². The van der Waals surface area contributed by atoms with Crippen LogP contribution in [0.25, 0.3) is 0 Å². The van der Waals surface area contributed by atoms with Crippen LogP contribution >= 0.6 is 0 Å². The molecule has 1 aliphatic rings. The quantitative estimate of drug-likeness (QED) is 0.794. The van der Waals surface area contributed by atoms with Crippen LogP contribution in [0.2, 0.25) is 0 Å². The molecule has 6 heteroatoms. The molecule has 0 radical (unpaired) electrons. The summed E-state index contributed by atoms with van der Waals surface area (Å²) in [5.41, 5.74) is 1.03. The summed E-state index contributed by atoms with van der Waals surface area (Å²) in [4.78, 5) is 26.5. The number of hydrogen-bond acceptors (Lipinski definition) is 3. The maximum atomic E-state index is 11.9. The molecule has 2 rings (SSSR count). The number of carboxylic acids is 1. The number of pyridine rings is 1. The summed E-state index contributed by atoms with van der Waals surface area (Å²) in [6.07, 6.45) is 5.77. The highest BCUT2D eigenvalue weighted by atomic mass is 16.4. The maximum Gasteiger partial charge on any atom is 0.319 e. The molecule has 21 heavy (non-hydrogen) atoms. The predicted octanol–water partition coefficient (Wildman–Crippen LogP) is 2.41. The normalized spacial score (nSPS) is 21.6. The van der Waals surface area contributed by atoms with Crippen LogP contribution < -0.4 is 10.6 Å². The van der Waals surface area contributed by atoms with E-state index in [-0.39, 0.29) is 18.5 Å². The van der Waals surface area contributed by atoms with Gasteiger partial charge < -0.3 is 15.7 Å². The minimum atomic E-state index is -0.924. The number of nitrogens with zero attached hydrogens (tertiary/aromatic N) is 1. The van der Waals surface area contributed by atoms with Gasteiger partial charge in [-0.1, -0.05) is 19.8 Å². The van der Waals surface area contributed by atoms with E-state index >= 15 is 0 Å². The van der Waals surface area contributed by atoms with Crippen molar-refractivity contribution < 1.29 is 14.7 Å². The Hall–Kier alpha value is -2.11. The second-order valence-electron chi connectivity index (χ2n) is 5.68. The van der Waals surface area contributed by atoms with Crippen LogP contribution in [0.1, 0.15) is 38.3 Å². The monoisotopic (exact) mass is 291 g/mol. The zero-order valence-electron chi connectivity index (χ0n) is 12.1. The number of rotatable bonds is 4. The number of carbonyl (C=O) groups excluding carboxylic acids is 1. The molecule has 0 aromatic carbocycles. The molecule has 114 valence electrons. The molecule has 2 atom stereocenters. The first kappa shape index (κ1) is 15.3. The summed E-state index contributed by atoms with van der Waals surface area (Å²) in [7, 11) is 0. The topological polar surface area (TPSA) is 91.3 Å². The fourth-order valence-corrected chi connectivity index (χ4v) is 2.68. The number of amides is 2. The zero-order chi connectivity index (χ0) is 15.2. The van der Waals surface area contributed by atoms with Gasteiger partial charge in [-0.3, -0.25) is 9.78 Å². The van der Waals surface area contributed by atoms with Gasteiger partial charge in [-0.25, -0.2) is 4.79 Å². The average Bonchev–Trinajstić information content (AvgIpc) is 2.40. The van der Waals surface area contributed by atoms with Crippen molar-refractivity contribution in [1.29, 1.82) is 0 Å². The highest BCUT2D eigenvalue weighted by Crippen LogP contribution is 2.23. The fourth-order valence-electron chi connectivity index (χ4n) is 2.68. The van der Waals surface area contributed by atoms with Gasteiger partial charge >= 0.3 is 12.0 Å². The molecule has 2 unspecified atom stereocenters. The summed E-state index contributed by atoms with van der Waals surface area (Å²) in [5.74, 6) is -0.270. The highest BCUT2D eigenvalue weighted by molar-refractivity contribution is 5.89. The maximum absolute atomic E-state index is 11.9. The number of aliphatic carboxylic acids is 1. The standard InChI is InChI=1S/C15H21N3O3/c1-10-3-2-4-12(7-10)17-15(21)18-13-6-5-11(16-9-13)8-14(19)20/h5-6,9-10,12H,2-4,7-8H2,1H3,(H,19,20)(H2,17,18,21).